The molecule has 1 aromatic carbocycles. The average Bonchev–Trinajstić information content (AvgIpc) is 3.23. The molecule has 0 bridgehead atoms. The lowest BCUT2D eigenvalue weighted by atomic mass is 9.94. The second-order valence-corrected chi connectivity index (χ2v) is 6.92. The van der Waals surface area contributed by atoms with Gasteiger partial charge in [-0.15, -0.1) is 12.4 Å². The fourth-order valence-corrected chi connectivity index (χ4v) is 4.04. The van der Waals surface area contributed by atoms with Crippen LogP contribution in [-0.4, -0.2) is 28.7 Å². The third-order valence-electron chi connectivity index (χ3n) is 5.34. The van der Waals surface area contributed by atoms with Gasteiger partial charge in [0.2, 0.25) is 0 Å². The molecule has 25 heavy (non-hydrogen) atoms. The Hall–Kier alpha value is -1.85. The lowest BCUT2D eigenvalue weighted by molar-refractivity contribution is 0.0921. The zero-order valence-electron chi connectivity index (χ0n) is 14.3. The summed E-state index contributed by atoms with van der Waals surface area (Å²) in [7, 11) is 0. The zero-order chi connectivity index (χ0) is 16.4. The van der Waals surface area contributed by atoms with Crippen molar-refractivity contribution in [2.24, 2.45) is 5.92 Å². The molecule has 1 aromatic heterocycles. The molecule has 5 nitrogen and oxygen atoms in total. The number of hydrogen-bond donors (Lipinski definition) is 3. The second kappa shape index (κ2) is 8.02. The van der Waals surface area contributed by atoms with Crippen LogP contribution in [0.5, 0.6) is 0 Å². The summed E-state index contributed by atoms with van der Waals surface area (Å²) in [5.74, 6) is 0.491. The molecule has 2 atom stereocenters. The molecule has 1 fully saturated rings. The number of fused-ring (bicyclic) bond motifs is 1. The SMILES string of the molecule is Cl.O=C(NC1CCCC1Cc1ccccc1)c1n[nH]c2c1CNCC2. The minimum atomic E-state index is -0.0267. The number of benzene rings is 1. The molecule has 4 rings (SSSR count). The van der Waals surface area contributed by atoms with Crippen LogP contribution in [0, 0.1) is 5.92 Å². The molecule has 2 aromatic rings. The van der Waals surface area contributed by atoms with E-state index in [9.17, 15) is 4.79 Å². The zero-order valence-corrected chi connectivity index (χ0v) is 15.1. The van der Waals surface area contributed by atoms with Crippen LogP contribution in [0.2, 0.25) is 0 Å². The highest BCUT2D eigenvalue weighted by molar-refractivity contribution is 5.94. The molecule has 0 radical (unpaired) electrons. The summed E-state index contributed by atoms with van der Waals surface area (Å²) in [6.45, 7) is 1.67. The molecule has 2 unspecified atom stereocenters. The van der Waals surface area contributed by atoms with Gasteiger partial charge in [-0.05, 0) is 30.7 Å². The maximum atomic E-state index is 12.7. The number of nitrogens with one attached hydrogen (secondary N) is 3. The van der Waals surface area contributed by atoms with Gasteiger partial charge >= 0.3 is 0 Å². The van der Waals surface area contributed by atoms with E-state index in [4.69, 9.17) is 0 Å². The van der Waals surface area contributed by atoms with Crippen molar-refractivity contribution in [2.45, 2.75) is 44.7 Å². The van der Waals surface area contributed by atoms with Gasteiger partial charge in [-0.25, -0.2) is 0 Å². The maximum Gasteiger partial charge on any atom is 0.272 e. The first kappa shape index (κ1) is 18.0. The Morgan fingerprint density at radius 3 is 2.92 bits per heavy atom. The Morgan fingerprint density at radius 1 is 1.24 bits per heavy atom. The fourth-order valence-electron chi connectivity index (χ4n) is 4.04. The Labute approximate surface area is 154 Å². The number of carbonyl (C=O) groups is 1. The van der Waals surface area contributed by atoms with Crippen molar-refractivity contribution in [1.29, 1.82) is 0 Å². The number of hydrogen-bond acceptors (Lipinski definition) is 3. The molecule has 3 N–H and O–H groups in total. The van der Waals surface area contributed by atoms with Crippen molar-refractivity contribution in [3.05, 3.63) is 52.8 Å². The fraction of sp³-hybridized carbons (Fsp3) is 0.474. The van der Waals surface area contributed by atoms with E-state index in [1.807, 2.05) is 6.07 Å². The summed E-state index contributed by atoms with van der Waals surface area (Å²) >= 11 is 0. The van der Waals surface area contributed by atoms with E-state index < -0.39 is 0 Å². The first-order valence-electron chi connectivity index (χ1n) is 8.93. The van der Waals surface area contributed by atoms with Gasteiger partial charge in [0.1, 0.15) is 0 Å². The second-order valence-electron chi connectivity index (χ2n) is 6.92. The van der Waals surface area contributed by atoms with E-state index in [0.29, 0.717) is 11.6 Å². The smallest absolute Gasteiger partial charge is 0.272 e. The van der Waals surface area contributed by atoms with Crippen LogP contribution in [0.1, 0.15) is 46.6 Å². The number of H-pyrrole nitrogens is 1. The summed E-state index contributed by atoms with van der Waals surface area (Å²) < 4.78 is 0. The summed E-state index contributed by atoms with van der Waals surface area (Å²) in [6.07, 6.45) is 5.37. The molecule has 1 saturated carbocycles. The van der Waals surface area contributed by atoms with Crippen LogP contribution < -0.4 is 10.6 Å². The van der Waals surface area contributed by atoms with Crippen LogP contribution in [-0.2, 0) is 19.4 Å². The van der Waals surface area contributed by atoms with Crippen molar-refractivity contribution < 1.29 is 4.79 Å². The quantitative estimate of drug-likeness (QED) is 0.785. The topological polar surface area (TPSA) is 69.8 Å². The number of halogens is 1. The molecule has 0 saturated heterocycles. The summed E-state index contributed by atoms with van der Waals surface area (Å²) in [6, 6.07) is 10.8. The molecule has 2 heterocycles. The highest BCUT2D eigenvalue weighted by Gasteiger charge is 2.30. The molecule has 2 aliphatic rings. The number of amides is 1. The summed E-state index contributed by atoms with van der Waals surface area (Å²) in [5, 5.41) is 13.9. The lowest BCUT2D eigenvalue weighted by Crippen LogP contribution is -2.39. The van der Waals surface area contributed by atoms with Crippen molar-refractivity contribution in [1.82, 2.24) is 20.8 Å². The van der Waals surface area contributed by atoms with E-state index in [0.717, 1.165) is 43.6 Å². The molecule has 1 amide bonds. The van der Waals surface area contributed by atoms with Crippen LogP contribution >= 0.6 is 12.4 Å². The Kier molecular flexibility index (Phi) is 5.76. The van der Waals surface area contributed by atoms with Crippen LogP contribution in [0.3, 0.4) is 0 Å². The molecule has 134 valence electrons. The van der Waals surface area contributed by atoms with Crippen LogP contribution in [0.4, 0.5) is 0 Å². The van der Waals surface area contributed by atoms with E-state index in [1.165, 1.54) is 18.4 Å². The van der Waals surface area contributed by atoms with Crippen LogP contribution in [0.25, 0.3) is 0 Å². The molecule has 1 aliphatic heterocycles. The number of aromatic amines is 1. The standard InChI is InChI=1S/C19H24N4O.ClH/c24-19(18-15-12-20-10-9-17(15)22-23-18)21-16-8-4-7-14(16)11-13-5-2-1-3-6-13;/h1-3,5-6,14,16,20H,4,7-12H2,(H,21,24)(H,22,23);1H. The molecule has 1 aliphatic carbocycles. The highest BCUT2D eigenvalue weighted by atomic mass is 35.5. The van der Waals surface area contributed by atoms with Crippen LogP contribution in [0.15, 0.2) is 30.3 Å². The minimum Gasteiger partial charge on any atom is -0.348 e. The Morgan fingerprint density at radius 2 is 2.08 bits per heavy atom. The third kappa shape index (κ3) is 3.88. The molecule has 6 heteroatoms. The van der Waals surface area contributed by atoms with E-state index >= 15 is 0 Å². The first-order valence-corrected chi connectivity index (χ1v) is 8.93. The van der Waals surface area contributed by atoms with Gasteiger partial charge in [-0.1, -0.05) is 36.8 Å². The first-order chi connectivity index (χ1) is 11.8. The van der Waals surface area contributed by atoms with Gasteiger partial charge in [0.25, 0.3) is 5.91 Å². The van der Waals surface area contributed by atoms with Gasteiger partial charge in [0.15, 0.2) is 5.69 Å². The molecular weight excluding hydrogens is 336 g/mol. The van der Waals surface area contributed by atoms with Crippen molar-refractivity contribution in [3.63, 3.8) is 0 Å². The Bertz CT molecular complexity index is 715. The molecule has 0 spiro atoms. The van der Waals surface area contributed by atoms with Gasteiger partial charge in [-0.3, -0.25) is 9.89 Å². The van der Waals surface area contributed by atoms with E-state index in [-0.39, 0.29) is 24.4 Å². The normalized spacial score (nSPS) is 22.1. The summed E-state index contributed by atoms with van der Waals surface area (Å²) in [4.78, 5) is 12.7. The molecular formula is C19H25ClN4O. The van der Waals surface area contributed by atoms with Gasteiger partial charge in [-0.2, -0.15) is 5.10 Å². The third-order valence-corrected chi connectivity index (χ3v) is 5.34. The van der Waals surface area contributed by atoms with Gasteiger partial charge in [0.05, 0.1) is 0 Å². The lowest BCUT2D eigenvalue weighted by Gasteiger charge is -2.21. The number of nitrogens with zero attached hydrogens (tertiary/aromatic N) is 1. The van der Waals surface area contributed by atoms with E-state index in [1.54, 1.807) is 0 Å². The number of aromatic nitrogens is 2. The number of carbonyl (C=O) groups excluding carboxylic acids is 1. The van der Waals surface area contributed by atoms with Crippen molar-refractivity contribution in [2.75, 3.05) is 6.54 Å². The number of rotatable bonds is 4. The predicted octanol–water partition coefficient (Wildman–Crippen LogP) is 2.62. The van der Waals surface area contributed by atoms with Gasteiger partial charge in [0, 0.05) is 36.8 Å². The monoisotopic (exact) mass is 360 g/mol. The highest BCUT2D eigenvalue weighted by Crippen LogP contribution is 2.29. The largest absolute Gasteiger partial charge is 0.348 e. The van der Waals surface area contributed by atoms with Gasteiger partial charge < -0.3 is 10.6 Å². The Balaban J connectivity index is 0.00000182. The average molecular weight is 361 g/mol. The summed E-state index contributed by atoms with van der Waals surface area (Å²) in [5.41, 5.74) is 4.06. The maximum absolute atomic E-state index is 12.7. The van der Waals surface area contributed by atoms with Crippen molar-refractivity contribution in [3.8, 4) is 0 Å². The van der Waals surface area contributed by atoms with Crippen molar-refractivity contribution >= 4 is 18.3 Å². The predicted molar refractivity (Wildman–Crippen MR) is 100.0 cm³/mol. The van der Waals surface area contributed by atoms with E-state index in [2.05, 4.69) is 45.1 Å². The minimum absolute atomic E-state index is 0.